The van der Waals surface area contributed by atoms with Gasteiger partial charge in [-0.2, -0.15) is 0 Å². The molecule has 4 nitrogen and oxygen atoms in total. The molecule has 0 fully saturated rings. The molecule has 0 radical (unpaired) electrons. The van der Waals surface area contributed by atoms with Gasteiger partial charge in [-0.1, -0.05) is 96.5 Å². The Labute approximate surface area is 172 Å². The first-order valence-corrected chi connectivity index (χ1v) is 11.3. The van der Waals surface area contributed by atoms with Crippen LogP contribution in [-0.2, 0) is 4.74 Å². The maximum atomic E-state index is 11.8. The van der Waals surface area contributed by atoms with Crippen molar-refractivity contribution < 1.29 is 14.3 Å². The lowest BCUT2D eigenvalue weighted by atomic mass is 10.0. The molecule has 0 bridgehead atoms. The van der Waals surface area contributed by atoms with Gasteiger partial charge in [-0.25, -0.2) is 4.79 Å². The molecule has 0 aliphatic carbocycles. The van der Waals surface area contributed by atoms with E-state index in [2.05, 4.69) is 12.2 Å². The average molecular weight is 392 g/mol. The lowest BCUT2D eigenvalue weighted by Gasteiger charge is -2.08. The highest BCUT2D eigenvalue weighted by Crippen LogP contribution is 2.17. The number of hydrogen-bond donors (Lipinski definition) is 1. The smallest absolute Gasteiger partial charge is 0.411 e. The predicted molar refractivity (Wildman–Crippen MR) is 118 cm³/mol. The van der Waals surface area contributed by atoms with Crippen LogP contribution < -0.4 is 10.1 Å². The molecule has 0 aliphatic rings. The molecule has 160 valence electrons. The van der Waals surface area contributed by atoms with Crippen molar-refractivity contribution in [3.63, 3.8) is 0 Å². The van der Waals surface area contributed by atoms with E-state index >= 15 is 0 Å². The molecule has 0 aromatic heterocycles. The summed E-state index contributed by atoms with van der Waals surface area (Å²) in [7, 11) is 1.60. The highest BCUT2D eigenvalue weighted by atomic mass is 16.5. The van der Waals surface area contributed by atoms with Crippen LogP contribution in [0.25, 0.3) is 0 Å². The summed E-state index contributed by atoms with van der Waals surface area (Å²) in [6, 6.07) is 7.26. The van der Waals surface area contributed by atoms with Crippen molar-refractivity contribution in [3.8, 4) is 5.75 Å². The Hall–Kier alpha value is -1.71. The maximum absolute atomic E-state index is 11.8. The van der Waals surface area contributed by atoms with Gasteiger partial charge < -0.3 is 9.47 Å². The number of methoxy groups -OCH3 is 1. The number of hydrogen-bond acceptors (Lipinski definition) is 3. The first-order chi connectivity index (χ1) is 13.8. The zero-order chi connectivity index (χ0) is 20.3. The van der Waals surface area contributed by atoms with Gasteiger partial charge in [-0.3, -0.25) is 5.32 Å². The van der Waals surface area contributed by atoms with E-state index in [-0.39, 0.29) is 0 Å². The van der Waals surface area contributed by atoms with Crippen molar-refractivity contribution in [2.75, 3.05) is 19.0 Å². The third kappa shape index (κ3) is 13.5. The van der Waals surface area contributed by atoms with Gasteiger partial charge in [0, 0.05) is 11.8 Å². The average Bonchev–Trinajstić information content (AvgIpc) is 2.71. The molecule has 1 rings (SSSR count). The van der Waals surface area contributed by atoms with Crippen LogP contribution in [0.4, 0.5) is 10.5 Å². The van der Waals surface area contributed by atoms with E-state index in [1.165, 1.54) is 77.0 Å². The fourth-order valence-electron chi connectivity index (χ4n) is 3.32. The fraction of sp³-hybridized carbons (Fsp3) is 0.708. The van der Waals surface area contributed by atoms with E-state index in [1.54, 1.807) is 13.2 Å². The number of rotatable bonds is 17. The summed E-state index contributed by atoms with van der Waals surface area (Å²) in [6.07, 6.45) is 18.1. The lowest BCUT2D eigenvalue weighted by molar-refractivity contribution is 0.159. The van der Waals surface area contributed by atoms with Gasteiger partial charge in [0.25, 0.3) is 0 Å². The van der Waals surface area contributed by atoms with Gasteiger partial charge in [0.15, 0.2) is 0 Å². The summed E-state index contributed by atoms with van der Waals surface area (Å²) < 4.78 is 10.4. The number of anilines is 1. The summed E-state index contributed by atoms with van der Waals surface area (Å²) in [5.41, 5.74) is 0.685. The van der Waals surface area contributed by atoms with Crippen molar-refractivity contribution in [2.45, 2.75) is 96.8 Å². The van der Waals surface area contributed by atoms with Gasteiger partial charge in [0.05, 0.1) is 13.7 Å². The summed E-state index contributed by atoms with van der Waals surface area (Å²) >= 11 is 0. The van der Waals surface area contributed by atoms with Gasteiger partial charge >= 0.3 is 6.09 Å². The van der Waals surface area contributed by atoms with Crippen molar-refractivity contribution in [1.82, 2.24) is 0 Å². The van der Waals surface area contributed by atoms with Crippen molar-refractivity contribution in [1.29, 1.82) is 0 Å². The minimum atomic E-state index is -0.400. The Morgan fingerprint density at radius 1 is 0.821 bits per heavy atom. The van der Waals surface area contributed by atoms with E-state index in [0.29, 0.717) is 18.0 Å². The number of amides is 1. The van der Waals surface area contributed by atoms with Crippen LogP contribution in [0.1, 0.15) is 96.8 Å². The molecule has 1 amide bonds. The van der Waals surface area contributed by atoms with Gasteiger partial charge in [-0.05, 0) is 18.6 Å². The number of unbranched alkanes of at least 4 members (excludes halogenated alkanes) is 13. The third-order valence-corrected chi connectivity index (χ3v) is 5.05. The number of carbonyl (C=O) groups excluding carboxylic acids is 1. The Balaban J connectivity index is 1.85. The standard InChI is InChI=1S/C24H41NO3/c1-3-4-5-6-7-8-9-10-11-12-13-14-15-16-20-28-24(26)25-22-18-17-19-23(21-22)27-2/h17-19,21H,3-16,20H2,1-2H3,(H,25,26). The van der Waals surface area contributed by atoms with E-state index in [1.807, 2.05) is 18.2 Å². The summed E-state index contributed by atoms with van der Waals surface area (Å²) in [6.45, 7) is 2.75. The van der Waals surface area contributed by atoms with Crippen LogP contribution in [0.2, 0.25) is 0 Å². The normalized spacial score (nSPS) is 10.6. The highest BCUT2D eigenvalue weighted by Gasteiger charge is 2.03. The molecule has 28 heavy (non-hydrogen) atoms. The fourth-order valence-corrected chi connectivity index (χ4v) is 3.32. The maximum Gasteiger partial charge on any atom is 0.411 e. The second kappa shape index (κ2) is 17.4. The van der Waals surface area contributed by atoms with Crippen LogP contribution in [0.5, 0.6) is 5.75 Å². The minimum absolute atomic E-state index is 0.400. The number of ether oxygens (including phenoxy) is 2. The second-order valence-corrected chi connectivity index (χ2v) is 7.59. The molecule has 0 spiro atoms. The van der Waals surface area contributed by atoms with E-state index in [9.17, 15) is 4.79 Å². The molecule has 0 saturated carbocycles. The van der Waals surface area contributed by atoms with Crippen LogP contribution in [-0.4, -0.2) is 19.8 Å². The SMILES string of the molecule is CCCCCCCCCCCCCCCCOC(=O)Nc1cccc(OC)c1. The van der Waals surface area contributed by atoms with Crippen LogP contribution in [0, 0.1) is 0 Å². The van der Waals surface area contributed by atoms with E-state index in [0.717, 1.165) is 12.8 Å². The van der Waals surface area contributed by atoms with Crippen molar-refractivity contribution in [2.24, 2.45) is 0 Å². The van der Waals surface area contributed by atoms with Crippen LogP contribution in [0.3, 0.4) is 0 Å². The second-order valence-electron chi connectivity index (χ2n) is 7.59. The minimum Gasteiger partial charge on any atom is -0.497 e. The van der Waals surface area contributed by atoms with Gasteiger partial charge in [0.2, 0.25) is 0 Å². The largest absolute Gasteiger partial charge is 0.497 e. The number of nitrogens with one attached hydrogen (secondary N) is 1. The highest BCUT2D eigenvalue weighted by molar-refractivity contribution is 5.84. The lowest BCUT2D eigenvalue weighted by Crippen LogP contribution is -2.14. The molecule has 1 aromatic rings. The van der Waals surface area contributed by atoms with Crippen molar-refractivity contribution in [3.05, 3.63) is 24.3 Å². The molecule has 0 unspecified atom stereocenters. The monoisotopic (exact) mass is 391 g/mol. The zero-order valence-corrected chi connectivity index (χ0v) is 18.1. The van der Waals surface area contributed by atoms with Crippen molar-refractivity contribution >= 4 is 11.8 Å². The topological polar surface area (TPSA) is 47.6 Å². The van der Waals surface area contributed by atoms with Crippen LogP contribution >= 0.6 is 0 Å². The molecule has 0 heterocycles. The summed E-state index contributed by atoms with van der Waals surface area (Å²) in [5.74, 6) is 0.713. The number of benzene rings is 1. The Kier molecular flexibility index (Phi) is 15.1. The Morgan fingerprint density at radius 2 is 1.36 bits per heavy atom. The first-order valence-electron chi connectivity index (χ1n) is 11.3. The molecule has 1 aromatic carbocycles. The molecule has 0 saturated heterocycles. The molecule has 0 atom stereocenters. The molecule has 1 N–H and O–H groups in total. The first kappa shape index (κ1) is 24.3. The van der Waals surface area contributed by atoms with Crippen LogP contribution in [0.15, 0.2) is 24.3 Å². The van der Waals surface area contributed by atoms with Gasteiger partial charge in [0.1, 0.15) is 5.75 Å². The van der Waals surface area contributed by atoms with Gasteiger partial charge in [-0.15, -0.1) is 0 Å². The Bertz CT molecular complexity index is 504. The zero-order valence-electron chi connectivity index (χ0n) is 18.1. The molecule has 0 aliphatic heterocycles. The summed E-state index contributed by atoms with van der Waals surface area (Å²) in [4.78, 5) is 11.8. The molecule has 4 heteroatoms. The number of carbonyl (C=O) groups is 1. The quantitative estimate of drug-likeness (QED) is 0.276. The predicted octanol–water partition coefficient (Wildman–Crippen LogP) is 7.73. The molecular weight excluding hydrogens is 350 g/mol. The summed E-state index contributed by atoms with van der Waals surface area (Å²) in [5, 5.41) is 2.73. The van der Waals surface area contributed by atoms with E-state index < -0.39 is 6.09 Å². The molecular formula is C24H41NO3. The third-order valence-electron chi connectivity index (χ3n) is 5.05. The Morgan fingerprint density at radius 3 is 1.89 bits per heavy atom. The van der Waals surface area contributed by atoms with E-state index in [4.69, 9.17) is 9.47 Å².